The molecule has 0 saturated carbocycles. The van der Waals surface area contributed by atoms with E-state index in [1.165, 1.54) is 23.7 Å². The lowest BCUT2D eigenvalue weighted by Gasteiger charge is -2.28. The molecule has 2 N–H and O–H groups in total. The van der Waals surface area contributed by atoms with Crippen molar-refractivity contribution in [3.63, 3.8) is 0 Å². The summed E-state index contributed by atoms with van der Waals surface area (Å²) >= 11 is 1.44. The van der Waals surface area contributed by atoms with Crippen molar-refractivity contribution in [2.75, 3.05) is 30.5 Å². The van der Waals surface area contributed by atoms with Gasteiger partial charge in [0.15, 0.2) is 5.16 Å². The molecular formula is C13H19N5O2S. The van der Waals surface area contributed by atoms with E-state index in [1.807, 2.05) is 13.2 Å². The van der Waals surface area contributed by atoms with E-state index in [9.17, 15) is 9.59 Å². The molecule has 1 aromatic rings. The zero-order valence-corrected chi connectivity index (χ0v) is 13.2. The minimum Gasteiger partial charge on any atom is -0.370 e. The standard InChI is InChI=1S/C13H19N5O2S/c1-4-14-9-7-10(17-13(16-9)21-3)15-8-5-6-11(19)18(2)12(8)20/h7-8H,4-6H2,1-3H3,(H2,14,15,16,17). The molecule has 0 spiro atoms. The molecular weight excluding hydrogens is 290 g/mol. The molecule has 1 saturated heterocycles. The van der Waals surface area contributed by atoms with E-state index in [-0.39, 0.29) is 11.8 Å². The Labute approximate surface area is 127 Å². The maximum Gasteiger partial charge on any atom is 0.251 e. The normalized spacial score (nSPS) is 18.8. The highest BCUT2D eigenvalue weighted by Gasteiger charge is 2.31. The van der Waals surface area contributed by atoms with Gasteiger partial charge in [-0.05, 0) is 19.6 Å². The van der Waals surface area contributed by atoms with Crippen LogP contribution in [-0.2, 0) is 9.59 Å². The van der Waals surface area contributed by atoms with E-state index in [2.05, 4.69) is 20.6 Å². The van der Waals surface area contributed by atoms with E-state index in [4.69, 9.17) is 0 Å². The van der Waals surface area contributed by atoms with Crippen molar-refractivity contribution in [3.05, 3.63) is 6.07 Å². The van der Waals surface area contributed by atoms with Gasteiger partial charge in [0.25, 0.3) is 5.91 Å². The van der Waals surface area contributed by atoms with E-state index in [0.717, 1.165) is 6.54 Å². The summed E-state index contributed by atoms with van der Waals surface area (Å²) in [6.45, 7) is 2.74. The van der Waals surface area contributed by atoms with Gasteiger partial charge in [-0.3, -0.25) is 14.5 Å². The minimum absolute atomic E-state index is 0.140. The number of carbonyl (C=O) groups is 2. The number of nitrogens with one attached hydrogen (secondary N) is 2. The number of imide groups is 1. The zero-order valence-electron chi connectivity index (χ0n) is 12.3. The lowest BCUT2D eigenvalue weighted by molar-refractivity contribution is -0.146. The summed E-state index contributed by atoms with van der Waals surface area (Å²) < 4.78 is 0. The number of hydrogen-bond acceptors (Lipinski definition) is 7. The van der Waals surface area contributed by atoms with Crippen molar-refractivity contribution < 1.29 is 9.59 Å². The first-order chi connectivity index (χ1) is 10.0. The van der Waals surface area contributed by atoms with Gasteiger partial charge < -0.3 is 10.6 Å². The van der Waals surface area contributed by atoms with Crippen molar-refractivity contribution in [2.24, 2.45) is 0 Å². The number of carbonyl (C=O) groups excluding carboxylic acids is 2. The molecule has 0 radical (unpaired) electrons. The van der Waals surface area contributed by atoms with Crippen molar-refractivity contribution in [1.29, 1.82) is 0 Å². The van der Waals surface area contributed by atoms with Crippen LogP contribution in [0.15, 0.2) is 11.2 Å². The lowest BCUT2D eigenvalue weighted by atomic mass is 10.0. The van der Waals surface area contributed by atoms with E-state index in [1.54, 1.807) is 6.07 Å². The second kappa shape index (κ2) is 6.75. The first kappa shape index (κ1) is 15.6. The van der Waals surface area contributed by atoms with Crippen LogP contribution in [0.2, 0.25) is 0 Å². The van der Waals surface area contributed by atoms with Crippen LogP contribution in [0.5, 0.6) is 0 Å². The number of nitrogens with zero attached hydrogens (tertiary/aromatic N) is 3. The highest BCUT2D eigenvalue weighted by Crippen LogP contribution is 2.20. The summed E-state index contributed by atoms with van der Waals surface area (Å²) in [7, 11) is 1.51. The van der Waals surface area contributed by atoms with Gasteiger partial charge >= 0.3 is 0 Å². The first-order valence-electron chi connectivity index (χ1n) is 6.79. The Morgan fingerprint density at radius 3 is 2.76 bits per heavy atom. The maximum absolute atomic E-state index is 12.1. The Morgan fingerprint density at radius 1 is 1.38 bits per heavy atom. The van der Waals surface area contributed by atoms with Gasteiger partial charge in [0.2, 0.25) is 5.91 Å². The van der Waals surface area contributed by atoms with Gasteiger partial charge in [-0.2, -0.15) is 0 Å². The van der Waals surface area contributed by atoms with Gasteiger partial charge in [-0.25, -0.2) is 9.97 Å². The second-order valence-electron chi connectivity index (χ2n) is 4.68. The van der Waals surface area contributed by atoms with Gasteiger partial charge in [0, 0.05) is 26.1 Å². The number of hydrogen-bond donors (Lipinski definition) is 2. The molecule has 1 aliphatic heterocycles. The van der Waals surface area contributed by atoms with Crippen LogP contribution in [0.25, 0.3) is 0 Å². The van der Waals surface area contributed by atoms with Crippen LogP contribution >= 0.6 is 11.8 Å². The average molecular weight is 309 g/mol. The Morgan fingerprint density at radius 2 is 2.10 bits per heavy atom. The molecule has 7 nitrogen and oxygen atoms in total. The summed E-state index contributed by atoms with van der Waals surface area (Å²) in [5, 5.41) is 6.87. The van der Waals surface area contributed by atoms with E-state index in [0.29, 0.717) is 29.6 Å². The molecule has 2 rings (SSSR count). The van der Waals surface area contributed by atoms with Crippen LogP contribution < -0.4 is 10.6 Å². The zero-order chi connectivity index (χ0) is 15.4. The van der Waals surface area contributed by atoms with Crippen LogP contribution in [0.4, 0.5) is 11.6 Å². The van der Waals surface area contributed by atoms with E-state index < -0.39 is 6.04 Å². The molecule has 0 aromatic carbocycles. The van der Waals surface area contributed by atoms with Gasteiger partial charge in [-0.15, -0.1) is 0 Å². The van der Waals surface area contributed by atoms with Gasteiger partial charge in [-0.1, -0.05) is 11.8 Å². The molecule has 1 aliphatic rings. The van der Waals surface area contributed by atoms with Crippen molar-refractivity contribution >= 4 is 35.2 Å². The number of likely N-dealkylation sites (N-methyl/N-ethyl adjacent to an activating group) is 1. The fourth-order valence-corrected chi connectivity index (χ4v) is 2.47. The highest BCUT2D eigenvalue weighted by molar-refractivity contribution is 7.98. The van der Waals surface area contributed by atoms with Crippen LogP contribution in [-0.4, -0.2) is 52.6 Å². The summed E-state index contributed by atoms with van der Waals surface area (Å²) in [4.78, 5) is 33.4. The van der Waals surface area contributed by atoms with Gasteiger partial charge in [0.05, 0.1) is 0 Å². The van der Waals surface area contributed by atoms with Gasteiger partial charge in [0.1, 0.15) is 17.7 Å². The lowest BCUT2D eigenvalue weighted by Crippen LogP contribution is -2.48. The first-order valence-corrected chi connectivity index (χ1v) is 8.01. The summed E-state index contributed by atoms with van der Waals surface area (Å²) in [6.07, 6.45) is 2.74. The quantitative estimate of drug-likeness (QED) is 0.480. The summed E-state index contributed by atoms with van der Waals surface area (Å²) in [5.74, 6) is 0.942. The Kier molecular flexibility index (Phi) is 5.00. The molecule has 0 aliphatic carbocycles. The Hall–Kier alpha value is -1.83. The largest absolute Gasteiger partial charge is 0.370 e. The average Bonchev–Trinajstić information content (AvgIpc) is 2.48. The molecule has 2 heterocycles. The SMILES string of the molecule is CCNc1cc(NC2CCC(=O)N(C)C2=O)nc(SC)n1. The van der Waals surface area contributed by atoms with Crippen molar-refractivity contribution in [1.82, 2.24) is 14.9 Å². The number of piperidine rings is 1. The third-order valence-electron chi connectivity index (χ3n) is 3.22. The smallest absolute Gasteiger partial charge is 0.251 e. The topological polar surface area (TPSA) is 87.2 Å². The molecule has 0 bridgehead atoms. The third-order valence-corrected chi connectivity index (χ3v) is 3.77. The number of thioether (sulfide) groups is 1. The predicted octanol–water partition coefficient (Wildman–Crippen LogP) is 1.19. The molecule has 8 heteroatoms. The molecule has 114 valence electrons. The summed E-state index contributed by atoms with van der Waals surface area (Å²) in [6, 6.07) is 1.35. The number of anilines is 2. The number of rotatable bonds is 5. The predicted molar refractivity (Wildman–Crippen MR) is 82.4 cm³/mol. The minimum atomic E-state index is -0.424. The van der Waals surface area contributed by atoms with Crippen molar-refractivity contribution in [3.8, 4) is 0 Å². The molecule has 1 aromatic heterocycles. The van der Waals surface area contributed by atoms with Crippen LogP contribution in [0.3, 0.4) is 0 Å². The van der Waals surface area contributed by atoms with Crippen molar-refractivity contribution in [2.45, 2.75) is 31.0 Å². The second-order valence-corrected chi connectivity index (χ2v) is 5.46. The molecule has 2 amide bonds. The van der Waals surface area contributed by atoms with Crippen LogP contribution in [0.1, 0.15) is 19.8 Å². The fourth-order valence-electron chi connectivity index (χ4n) is 2.09. The Bertz CT molecular complexity index is 551. The Balaban J connectivity index is 2.16. The number of likely N-dealkylation sites (tertiary alicyclic amines) is 1. The highest BCUT2D eigenvalue weighted by atomic mass is 32.2. The third kappa shape index (κ3) is 3.63. The number of amides is 2. The molecule has 21 heavy (non-hydrogen) atoms. The van der Waals surface area contributed by atoms with E-state index >= 15 is 0 Å². The maximum atomic E-state index is 12.1. The fraction of sp³-hybridized carbons (Fsp3) is 0.538. The molecule has 1 unspecified atom stereocenters. The molecule has 1 atom stereocenters. The monoisotopic (exact) mass is 309 g/mol. The number of aromatic nitrogens is 2. The summed E-state index contributed by atoms with van der Waals surface area (Å²) in [5.41, 5.74) is 0. The van der Waals surface area contributed by atoms with Crippen LogP contribution in [0, 0.1) is 0 Å². The molecule has 1 fully saturated rings.